The van der Waals surface area contributed by atoms with E-state index in [4.69, 9.17) is 0 Å². The summed E-state index contributed by atoms with van der Waals surface area (Å²) >= 11 is 0. The van der Waals surface area contributed by atoms with E-state index in [0.29, 0.717) is 0 Å². The molecule has 0 radical (unpaired) electrons. The normalized spacial score (nSPS) is 14.1. The molecule has 1 aliphatic heterocycles. The van der Waals surface area contributed by atoms with Crippen molar-refractivity contribution < 1.29 is 4.79 Å². The first-order chi connectivity index (χ1) is 18.4. The smallest absolute Gasteiger partial charge is 0.268 e. The van der Waals surface area contributed by atoms with Crippen LogP contribution in [0.3, 0.4) is 0 Å². The molecule has 4 nitrogen and oxygen atoms in total. The van der Waals surface area contributed by atoms with Gasteiger partial charge in [0, 0.05) is 41.5 Å². The van der Waals surface area contributed by atoms with Gasteiger partial charge in [-0.2, -0.15) is 0 Å². The SMILES string of the molecule is Cc1ccc(C(c2ccc(C)cc2)c2c(C(=O)NC(C)C)n(CCN3CCCCC3)c3ccccc23)cc1.Cl. The molecule has 1 fully saturated rings. The molecular weight excluding hydrogens is 502 g/mol. The van der Waals surface area contributed by atoms with Gasteiger partial charge in [0.15, 0.2) is 0 Å². The fourth-order valence-corrected chi connectivity index (χ4v) is 5.90. The fraction of sp³-hybridized carbons (Fsp3) is 0.382. The van der Waals surface area contributed by atoms with Gasteiger partial charge in [0.25, 0.3) is 5.91 Å². The van der Waals surface area contributed by atoms with Crippen molar-refractivity contribution >= 4 is 29.2 Å². The lowest BCUT2D eigenvalue weighted by Crippen LogP contribution is -2.35. The van der Waals surface area contributed by atoms with Crippen molar-refractivity contribution in [3.8, 4) is 0 Å². The monoisotopic (exact) mass is 543 g/mol. The molecule has 1 aliphatic rings. The number of amides is 1. The number of carbonyl (C=O) groups is 1. The number of fused-ring (bicyclic) bond motifs is 1. The van der Waals surface area contributed by atoms with Crippen LogP contribution in [0.25, 0.3) is 10.9 Å². The number of piperidine rings is 1. The van der Waals surface area contributed by atoms with E-state index in [1.54, 1.807) is 0 Å². The molecular formula is C34H42ClN3O. The number of halogens is 1. The average molecular weight is 544 g/mol. The van der Waals surface area contributed by atoms with E-state index in [1.807, 2.05) is 13.8 Å². The highest BCUT2D eigenvalue weighted by Gasteiger charge is 2.30. The molecule has 1 saturated heterocycles. The Labute approximate surface area is 239 Å². The van der Waals surface area contributed by atoms with Gasteiger partial charge in [-0.05, 0) is 70.8 Å². The highest BCUT2D eigenvalue weighted by Crippen LogP contribution is 2.40. The van der Waals surface area contributed by atoms with E-state index in [9.17, 15) is 4.79 Å². The van der Waals surface area contributed by atoms with Gasteiger partial charge in [-0.15, -0.1) is 12.4 Å². The maximum atomic E-state index is 14.0. The van der Waals surface area contributed by atoms with Gasteiger partial charge >= 0.3 is 0 Å². The summed E-state index contributed by atoms with van der Waals surface area (Å²) < 4.78 is 2.30. The minimum absolute atomic E-state index is 0. The van der Waals surface area contributed by atoms with Gasteiger partial charge in [0.1, 0.15) is 5.69 Å². The first-order valence-electron chi connectivity index (χ1n) is 14.2. The van der Waals surface area contributed by atoms with E-state index < -0.39 is 0 Å². The minimum Gasteiger partial charge on any atom is -0.349 e. The molecule has 0 spiro atoms. The molecule has 3 aromatic carbocycles. The summed E-state index contributed by atoms with van der Waals surface area (Å²) in [5, 5.41) is 4.40. The van der Waals surface area contributed by atoms with Crippen LogP contribution in [0.5, 0.6) is 0 Å². The molecule has 1 amide bonds. The number of rotatable bonds is 8. The van der Waals surface area contributed by atoms with Gasteiger partial charge in [-0.25, -0.2) is 0 Å². The van der Waals surface area contributed by atoms with Gasteiger partial charge in [0.2, 0.25) is 0 Å². The Morgan fingerprint density at radius 2 is 1.36 bits per heavy atom. The van der Waals surface area contributed by atoms with Crippen molar-refractivity contribution in [3.63, 3.8) is 0 Å². The number of aryl methyl sites for hydroxylation is 2. The van der Waals surface area contributed by atoms with Gasteiger partial charge in [-0.3, -0.25) is 4.79 Å². The second-order valence-electron chi connectivity index (χ2n) is 11.2. The summed E-state index contributed by atoms with van der Waals surface area (Å²) in [5.74, 6) is -0.0423. The summed E-state index contributed by atoms with van der Waals surface area (Å²) in [7, 11) is 0. The highest BCUT2D eigenvalue weighted by atomic mass is 35.5. The molecule has 0 aliphatic carbocycles. The molecule has 0 bridgehead atoms. The third-order valence-corrected chi connectivity index (χ3v) is 7.84. The van der Waals surface area contributed by atoms with Gasteiger partial charge in [0.05, 0.1) is 0 Å². The zero-order chi connectivity index (χ0) is 26.6. The summed E-state index contributed by atoms with van der Waals surface area (Å²) in [6.07, 6.45) is 3.85. The first-order valence-corrected chi connectivity index (χ1v) is 14.2. The van der Waals surface area contributed by atoms with Crippen molar-refractivity contribution in [2.75, 3.05) is 19.6 Å². The summed E-state index contributed by atoms with van der Waals surface area (Å²) in [6.45, 7) is 12.4. The molecule has 206 valence electrons. The molecule has 2 heterocycles. The second-order valence-corrected chi connectivity index (χ2v) is 11.2. The second kappa shape index (κ2) is 12.8. The number of para-hydroxylation sites is 1. The average Bonchev–Trinajstić information content (AvgIpc) is 3.24. The third kappa shape index (κ3) is 6.40. The van der Waals surface area contributed by atoms with Crippen LogP contribution in [-0.4, -0.2) is 41.1 Å². The van der Waals surface area contributed by atoms with E-state index >= 15 is 0 Å². The summed E-state index contributed by atoms with van der Waals surface area (Å²) in [4.78, 5) is 16.6. The molecule has 5 rings (SSSR count). The van der Waals surface area contributed by atoms with Gasteiger partial charge in [-0.1, -0.05) is 84.3 Å². The van der Waals surface area contributed by atoms with Crippen LogP contribution in [0.15, 0.2) is 72.8 Å². The number of benzene rings is 3. The zero-order valence-electron chi connectivity index (χ0n) is 23.7. The van der Waals surface area contributed by atoms with Crippen LogP contribution in [0.2, 0.25) is 0 Å². The Morgan fingerprint density at radius 1 is 0.795 bits per heavy atom. The van der Waals surface area contributed by atoms with E-state index in [2.05, 4.69) is 101 Å². The minimum atomic E-state index is -0.0507. The van der Waals surface area contributed by atoms with E-state index in [-0.39, 0.29) is 30.3 Å². The molecule has 0 unspecified atom stereocenters. The third-order valence-electron chi connectivity index (χ3n) is 7.84. The Morgan fingerprint density at radius 3 is 1.92 bits per heavy atom. The van der Waals surface area contributed by atoms with Crippen LogP contribution in [-0.2, 0) is 6.54 Å². The summed E-state index contributed by atoms with van der Waals surface area (Å²) in [5.41, 5.74) is 7.91. The number of nitrogens with one attached hydrogen (secondary N) is 1. The topological polar surface area (TPSA) is 37.3 Å². The van der Waals surface area contributed by atoms with Crippen molar-refractivity contribution in [1.82, 2.24) is 14.8 Å². The van der Waals surface area contributed by atoms with Crippen LogP contribution >= 0.6 is 12.4 Å². The lowest BCUT2D eigenvalue weighted by Gasteiger charge is -2.27. The molecule has 39 heavy (non-hydrogen) atoms. The van der Waals surface area contributed by atoms with Crippen molar-refractivity contribution in [2.24, 2.45) is 0 Å². The number of nitrogens with zero attached hydrogens (tertiary/aromatic N) is 2. The Bertz CT molecular complexity index is 1340. The van der Waals surface area contributed by atoms with Crippen LogP contribution in [0.1, 0.15) is 77.3 Å². The number of aromatic nitrogens is 1. The number of hydrogen-bond acceptors (Lipinski definition) is 2. The molecule has 5 heteroatoms. The predicted molar refractivity (Wildman–Crippen MR) is 165 cm³/mol. The first kappa shape index (κ1) is 28.9. The van der Waals surface area contributed by atoms with Crippen LogP contribution in [0, 0.1) is 13.8 Å². The standard InChI is InChI=1S/C34H41N3O.ClH/c1-24(2)35-34(38)33-32(31(27-16-12-25(3)13-17-27)28-18-14-26(4)15-19-28)29-10-6-7-11-30(29)37(33)23-22-36-20-8-5-9-21-36;/h6-7,10-19,24,31H,5,8-9,20-23H2,1-4H3,(H,35,38);1H. The summed E-state index contributed by atoms with van der Waals surface area (Å²) in [6, 6.07) is 26.3. The van der Waals surface area contributed by atoms with Gasteiger partial charge < -0.3 is 14.8 Å². The fourth-order valence-electron chi connectivity index (χ4n) is 5.90. The largest absolute Gasteiger partial charge is 0.349 e. The van der Waals surface area contributed by atoms with Crippen LogP contribution in [0.4, 0.5) is 0 Å². The predicted octanol–water partition coefficient (Wildman–Crippen LogP) is 7.48. The molecule has 4 aromatic rings. The molecule has 0 saturated carbocycles. The molecule has 1 aromatic heterocycles. The Balaban J connectivity index is 0.00000353. The maximum Gasteiger partial charge on any atom is 0.268 e. The maximum absolute atomic E-state index is 14.0. The van der Waals surface area contributed by atoms with Crippen molar-refractivity contribution in [2.45, 2.75) is 65.5 Å². The molecule has 0 atom stereocenters. The highest BCUT2D eigenvalue weighted by molar-refractivity contribution is 6.03. The lowest BCUT2D eigenvalue weighted by molar-refractivity contribution is 0.0932. The van der Waals surface area contributed by atoms with Crippen molar-refractivity contribution in [3.05, 3.63) is 106 Å². The Hall–Kier alpha value is -3.08. The van der Waals surface area contributed by atoms with Crippen molar-refractivity contribution in [1.29, 1.82) is 0 Å². The number of hydrogen-bond donors (Lipinski definition) is 1. The lowest BCUT2D eigenvalue weighted by atomic mass is 9.83. The number of carbonyl (C=O) groups excluding carboxylic acids is 1. The number of likely N-dealkylation sites (tertiary alicyclic amines) is 1. The molecule has 1 N–H and O–H groups in total. The Kier molecular flexibility index (Phi) is 9.53. The van der Waals surface area contributed by atoms with E-state index in [0.717, 1.165) is 48.3 Å². The van der Waals surface area contributed by atoms with E-state index in [1.165, 1.54) is 41.5 Å². The zero-order valence-corrected chi connectivity index (χ0v) is 24.6. The quantitative estimate of drug-likeness (QED) is 0.250. The van der Waals surface area contributed by atoms with Crippen LogP contribution < -0.4 is 5.32 Å².